The number of hydrogen-bond donors (Lipinski definition) is 2. The number of carboxylic acids is 1. The van der Waals surface area contributed by atoms with Gasteiger partial charge in [0.1, 0.15) is 5.75 Å². The van der Waals surface area contributed by atoms with Crippen LogP contribution in [0.2, 0.25) is 0 Å². The number of benzene rings is 1. The first-order valence-corrected chi connectivity index (χ1v) is 8.12. The Labute approximate surface area is 124 Å². The summed E-state index contributed by atoms with van der Waals surface area (Å²) in [4.78, 5) is 22.5. The molecule has 1 aromatic carbocycles. The Hall–Kier alpha value is -1.89. The molecule has 2 N–H and O–H groups in total. The summed E-state index contributed by atoms with van der Waals surface area (Å²) in [7, 11) is -3.86. The van der Waals surface area contributed by atoms with Crippen LogP contribution in [0.15, 0.2) is 23.1 Å². The Balaban J connectivity index is 2.96. The molecule has 1 aromatic rings. The number of carboxylic acid groups (broad SMARTS) is 1. The van der Waals surface area contributed by atoms with Crippen LogP contribution >= 0.6 is 0 Å². The van der Waals surface area contributed by atoms with Gasteiger partial charge in [-0.15, -0.1) is 0 Å². The van der Waals surface area contributed by atoms with E-state index in [1.165, 1.54) is 12.1 Å². The van der Waals surface area contributed by atoms with Crippen molar-refractivity contribution in [3.63, 3.8) is 0 Å². The van der Waals surface area contributed by atoms with E-state index in [0.717, 1.165) is 6.07 Å². The van der Waals surface area contributed by atoms with Crippen molar-refractivity contribution in [2.24, 2.45) is 5.92 Å². The fraction of sp³-hybridized carbons (Fsp3) is 0.429. The molecule has 0 atom stereocenters. The van der Waals surface area contributed by atoms with Gasteiger partial charge in [0, 0.05) is 6.54 Å². The third kappa shape index (κ3) is 4.86. The molecule has 0 spiro atoms. The van der Waals surface area contributed by atoms with Gasteiger partial charge in [0.2, 0.25) is 5.91 Å². The summed E-state index contributed by atoms with van der Waals surface area (Å²) in [6.45, 7) is 5.76. The van der Waals surface area contributed by atoms with E-state index in [1.807, 2.05) is 13.8 Å². The van der Waals surface area contributed by atoms with Crippen LogP contribution in [0.4, 0.5) is 0 Å². The molecule has 0 fully saturated rings. The number of carbonyl (C=O) groups excluding carboxylic acids is 1. The minimum atomic E-state index is -3.86. The summed E-state index contributed by atoms with van der Waals surface area (Å²) in [5, 5.41) is 11.5. The summed E-state index contributed by atoms with van der Waals surface area (Å²) in [5.41, 5.74) is 0.379. The highest BCUT2D eigenvalue weighted by molar-refractivity contribution is 7.92. The second kappa shape index (κ2) is 6.71. The number of sulfone groups is 1. The first-order valence-electron chi connectivity index (χ1n) is 6.47. The Kier molecular flexibility index (Phi) is 5.48. The van der Waals surface area contributed by atoms with Crippen molar-refractivity contribution >= 4 is 21.7 Å². The van der Waals surface area contributed by atoms with Gasteiger partial charge < -0.3 is 10.4 Å². The molecule has 21 heavy (non-hydrogen) atoms. The molecule has 0 unspecified atom stereocenters. The predicted molar refractivity (Wildman–Crippen MR) is 78.0 cm³/mol. The van der Waals surface area contributed by atoms with Gasteiger partial charge in [0.25, 0.3) is 0 Å². The zero-order valence-corrected chi connectivity index (χ0v) is 13.0. The molecule has 0 aliphatic rings. The van der Waals surface area contributed by atoms with E-state index in [2.05, 4.69) is 5.32 Å². The maximum Gasteiger partial charge on any atom is 0.335 e. The fourth-order valence-corrected chi connectivity index (χ4v) is 2.84. The van der Waals surface area contributed by atoms with E-state index in [0.29, 0.717) is 12.1 Å². The lowest BCUT2D eigenvalue weighted by molar-refractivity contribution is -0.118. The summed E-state index contributed by atoms with van der Waals surface area (Å²) < 4.78 is 24.2. The minimum Gasteiger partial charge on any atom is -0.478 e. The Morgan fingerprint density at radius 1 is 1.29 bits per heavy atom. The number of hydrogen-bond acceptors (Lipinski definition) is 4. The molecule has 7 heteroatoms. The molecule has 0 aliphatic heterocycles. The van der Waals surface area contributed by atoms with Crippen LogP contribution in [0.3, 0.4) is 0 Å². The number of amides is 1. The topological polar surface area (TPSA) is 101 Å². The van der Waals surface area contributed by atoms with Crippen LogP contribution in [0.5, 0.6) is 0 Å². The quantitative estimate of drug-likeness (QED) is 0.823. The van der Waals surface area contributed by atoms with E-state index >= 15 is 0 Å². The molecular formula is C14H19NO5S. The smallest absolute Gasteiger partial charge is 0.335 e. The molecule has 1 rings (SSSR count). The number of aryl methyl sites for hydroxylation is 1. The molecule has 0 heterocycles. The summed E-state index contributed by atoms with van der Waals surface area (Å²) >= 11 is 0. The fourth-order valence-electron chi connectivity index (χ4n) is 1.65. The number of aromatic carboxylic acids is 1. The SMILES string of the molecule is Cc1ccc(S(=O)(=O)CC(=O)NCC(C)C)cc1C(=O)O. The average Bonchev–Trinajstić information content (AvgIpc) is 2.35. The molecule has 0 saturated carbocycles. The van der Waals surface area contributed by atoms with Crippen LogP contribution in [0.1, 0.15) is 29.8 Å². The number of carbonyl (C=O) groups is 2. The molecule has 0 saturated heterocycles. The molecular weight excluding hydrogens is 294 g/mol. The van der Waals surface area contributed by atoms with E-state index in [9.17, 15) is 18.0 Å². The summed E-state index contributed by atoms with van der Waals surface area (Å²) in [5.74, 6) is -2.27. The second-order valence-electron chi connectivity index (χ2n) is 5.24. The molecule has 0 aromatic heterocycles. The highest BCUT2D eigenvalue weighted by atomic mass is 32.2. The van der Waals surface area contributed by atoms with Gasteiger partial charge in [0.05, 0.1) is 10.5 Å². The van der Waals surface area contributed by atoms with Gasteiger partial charge >= 0.3 is 5.97 Å². The van der Waals surface area contributed by atoms with Crippen LogP contribution in [-0.4, -0.2) is 37.7 Å². The lowest BCUT2D eigenvalue weighted by Gasteiger charge is -2.09. The Bertz CT molecular complexity index is 649. The Morgan fingerprint density at radius 2 is 1.90 bits per heavy atom. The minimum absolute atomic E-state index is 0.0846. The number of nitrogens with one attached hydrogen (secondary N) is 1. The number of rotatable bonds is 6. The largest absolute Gasteiger partial charge is 0.478 e. The third-order valence-corrected chi connectivity index (χ3v) is 4.44. The molecule has 116 valence electrons. The van der Waals surface area contributed by atoms with Gasteiger partial charge in [-0.1, -0.05) is 19.9 Å². The van der Waals surface area contributed by atoms with E-state index in [4.69, 9.17) is 5.11 Å². The van der Waals surface area contributed by atoms with Crippen molar-refractivity contribution < 1.29 is 23.1 Å². The predicted octanol–water partition coefficient (Wildman–Crippen LogP) is 1.24. The van der Waals surface area contributed by atoms with E-state index in [1.54, 1.807) is 6.92 Å². The lowest BCUT2D eigenvalue weighted by atomic mass is 10.1. The van der Waals surface area contributed by atoms with Gasteiger partial charge in [-0.2, -0.15) is 0 Å². The zero-order chi connectivity index (χ0) is 16.2. The molecule has 0 bridgehead atoms. The van der Waals surface area contributed by atoms with Crippen molar-refractivity contribution in [2.45, 2.75) is 25.7 Å². The van der Waals surface area contributed by atoms with Gasteiger partial charge in [0.15, 0.2) is 9.84 Å². The molecule has 6 nitrogen and oxygen atoms in total. The first kappa shape index (κ1) is 17.2. The van der Waals surface area contributed by atoms with Crippen molar-refractivity contribution in [3.05, 3.63) is 29.3 Å². The van der Waals surface area contributed by atoms with Crippen LogP contribution in [0.25, 0.3) is 0 Å². The molecule has 0 radical (unpaired) electrons. The van der Waals surface area contributed by atoms with Crippen LogP contribution in [0, 0.1) is 12.8 Å². The van der Waals surface area contributed by atoms with Crippen LogP contribution < -0.4 is 5.32 Å². The summed E-state index contributed by atoms with van der Waals surface area (Å²) in [6, 6.07) is 3.82. The third-order valence-electron chi connectivity index (χ3n) is 2.83. The van der Waals surface area contributed by atoms with Crippen LogP contribution in [-0.2, 0) is 14.6 Å². The first-order chi connectivity index (χ1) is 9.63. The second-order valence-corrected chi connectivity index (χ2v) is 7.23. The molecule has 1 amide bonds. The maximum atomic E-state index is 12.1. The summed E-state index contributed by atoms with van der Waals surface area (Å²) in [6.07, 6.45) is 0. The Morgan fingerprint density at radius 3 is 2.43 bits per heavy atom. The van der Waals surface area contributed by atoms with Crippen molar-refractivity contribution in [1.82, 2.24) is 5.32 Å². The van der Waals surface area contributed by atoms with Crippen molar-refractivity contribution in [2.75, 3.05) is 12.3 Å². The maximum absolute atomic E-state index is 12.1. The van der Waals surface area contributed by atoms with E-state index < -0.39 is 27.5 Å². The van der Waals surface area contributed by atoms with Crippen molar-refractivity contribution in [3.8, 4) is 0 Å². The molecule has 0 aliphatic carbocycles. The highest BCUT2D eigenvalue weighted by Gasteiger charge is 2.21. The van der Waals surface area contributed by atoms with Gasteiger partial charge in [-0.05, 0) is 30.5 Å². The van der Waals surface area contributed by atoms with Gasteiger partial charge in [-0.25, -0.2) is 13.2 Å². The van der Waals surface area contributed by atoms with Crippen molar-refractivity contribution in [1.29, 1.82) is 0 Å². The standard InChI is InChI=1S/C14H19NO5S/c1-9(2)7-15-13(16)8-21(19,20)11-5-4-10(3)12(6-11)14(17)18/h4-6,9H,7-8H2,1-3H3,(H,15,16)(H,17,18). The lowest BCUT2D eigenvalue weighted by Crippen LogP contribution is -2.32. The average molecular weight is 313 g/mol. The van der Waals surface area contributed by atoms with Gasteiger partial charge in [-0.3, -0.25) is 4.79 Å². The van der Waals surface area contributed by atoms with E-state index in [-0.39, 0.29) is 16.4 Å². The highest BCUT2D eigenvalue weighted by Crippen LogP contribution is 2.17. The zero-order valence-electron chi connectivity index (χ0n) is 12.2. The monoisotopic (exact) mass is 313 g/mol. The normalized spacial score (nSPS) is 11.4.